The van der Waals surface area contributed by atoms with Crippen LogP contribution in [0.3, 0.4) is 0 Å². The van der Waals surface area contributed by atoms with E-state index in [1.165, 1.54) is 71.8 Å². The van der Waals surface area contributed by atoms with Gasteiger partial charge in [-0.3, -0.25) is 0 Å². The number of aromatic nitrogens is 1. The van der Waals surface area contributed by atoms with Crippen molar-refractivity contribution in [2.45, 2.75) is 12.3 Å². The van der Waals surface area contributed by atoms with Crippen molar-refractivity contribution in [3.05, 3.63) is 223 Å². The van der Waals surface area contributed by atoms with E-state index in [1.807, 2.05) is 6.08 Å². The molecule has 1 heterocycles. The minimum absolute atomic E-state index is 0.272. The van der Waals surface area contributed by atoms with Crippen LogP contribution in [-0.2, 0) is 0 Å². The summed E-state index contributed by atoms with van der Waals surface area (Å²) in [6, 6.07) is 59.4. The van der Waals surface area contributed by atoms with Gasteiger partial charge in [0.05, 0.1) is 16.7 Å². The summed E-state index contributed by atoms with van der Waals surface area (Å²) in [5.41, 5.74) is 16.6. The minimum Gasteiger partial charge on any atom is -0.310 e. The molecule has 2 nitrogen and oxygen atoms in total. The van der Waals surface area contributed by atoms with Crippen LogP contribution in [0.5, 0.6) is 0 Å². The number of hydrogen-bond donors (Lipinski definition) is 0. The van der Waals surface area contributed by atoms with Crippen molar-refractivity contribution in [1.82, 2.24) is 4.57 Å². The quantitative estimate of drug-likeness (QED) is 0.153. The highest BCUT2D eigenvalue weighted by molar-refractivity contribution is 6.21. The maximum Gasteiger partial charge on any atom is 0.0547 e. The number of fused-ring (bicyclic) bond motifs is 5. The zero-order valence-corrected chi connectivity index (χ0v) is 29.2. The summed E-state index contributed by atoms with van der Waals surface area (Å²) < 4.78 is 2.41. The highest BCUT2D eigenvalue weighted by Crippen LogP contribution is 2.40. The van der Waals surface area contributed by atoms with Gasteiger partial charge in [0.25, 0.3) is 0 Å². The van der Waals surface area contributed by atoms with Gasteiger partial charge in [0.15, 0.2) is 0 Å². The Morgan fingerprint density at radius 1 is 0.566 bits per heavy atom. The monoisotopic (exact) mass is 676 g/mol. The van der Waals surface area contributed by atoms with Crippen molar-refractivity contribution >= 4 is 38.3 Å². The van der Waals surface area contributed by atoms with E-state index in [1.54, 1.807) is 0 Å². The number of anilines is 1. The molecule has 53 heavy (non-hydrogen) atoms. The predicted octanol–water partition coefficient (Wildman–Crippen LogP) is 13.3. The predicted molar refractivity (Wildman–Crippen MR) is 223 cm³/mol. The van der Waals surface area contributed by atoms with E-state index in [2.05, 4.69) is 209 Å². The van der Waals surface area contributed by atoms with Crippen LogP contribution >= 0.6 is 0 Å². The fraction of sp³-hybridized carbons (Fsp3) is 0.0392. The van der Waals surface area contributed by atoms with E-state index >= 15 is 0 Å². The lowest BCUT2D eigenvalue weighted by Gasteiger charge is -2.29. The minimum atomic E-state index is 0.272. The first kappa shape index (κ1) is 30.9. The van der Waals surface area contributed by atoms with Crippen molar-refractivity contribution in [2.75, 3.05) is 4.90 Å². The largest absolute Gasteiger partial charge is 0.310 e. The molecule has 2 aliphatic carbocycles. The van der Waals surface area contributed by atoms with Crippen molar-refractivity contribution in [3.63, 3.8) is 0 Å². The first-order valence-electron chi connectivity index (χ1n) is 18.4. The molecule has 2 heteroatoms. The van der Waals surface area contributed by atoms with Gasteiger partial charge in [-0.15, -0.1) is 5.73 Å². The van der Waals surface area contributed by atoms with E-state index in [0.717, 1.165) is 17.8 Å². The Bertz CT molecular complexity index is 2820. The number of para-hydroxylation sites is 1. The lowest BCUT2D eigenvalue weighted by atomic mass is 9.86. The van der Waals surface area contributed by atoms with E-state index in [-0.39, 0.29) is 5.92 Å². The molecule has 7 aromatic carbocycles. The smallest absolute Gasteiger partial charge is 0.0547 e. The second-order valence-electron chi connectivity index (χ2n) is 13.8. The summed E-state index contributed by atoms with van der Waals surface area (Å²) >= 11 is 0. The topological polar surface area (TPSA) is 8.17 Å². The molecule has 250 valence electrons. The Kier molecular flexibility index (Phi) is 7.61. The number of rotatable bonds is 7. The Labute approximate surface area is 309 Å². The molecule has 1 aromatic heterocycles. The SMILES string of the molecule is C1=CC=C(N(C2=CCC(c3ccccc3-c3ccc(-n4c5ccccc5c5c6ccccc6ccc54)cc3)C=C2)c2ccc(-c3ccccc3)cc2)C=1. The molecule has 10 rings (SSSR count). The molecule has 0 saturated carbocycles. The van der Waals surface area contributed by atoms with E-state index < -0.39 is 0 Å². The van der Waals surface area contributed by atoms with Gasteiger partial charge < -0.3 is 9.47 Å². The van der Waals surface area contributed by atoms with Crippen molar-refractivity contribution in [1.29, 1.82) is 0 Å². The van der Waals surface area contributed by atoms with Gasteiger partial charge in [0.1, 0.15) is 0 Å². The summed E-state index contributed by atoms with van der Waals surface area (Å²) in [7, 11) is 0. The van der Waals surface area contributed by atoms with Crippen molar-refractivity contribution in [2.24, 2.45) is 0 Å². The molecule has 8 aromatic rings. The molecule has 1 unspecified atom stereocenters. The number of hydrogen-bond acceptors (Lipinski definition) is 1. The third-order valence-corrected chi connectivity index (χ3v) is 10.8. The lowest BCUT2D eigenvalue weighted by Crippen LogP contribution is -2.21. The van der Waals surface area contributed by atoms with Crippen molar-refractivity contribution in [3.8, 4) is 27.9 Å². The van der Waals surface area contributed by atoms with Gasteiger partial charge in [0.2, 0.25) is 0 Å². The molecule has 0 bridgehead atoms. The highest BCUT2D eigenvalue weighted by atomic mass is 15.2. The maximum absolute atomic E-state index is 3.26. The van der Waals surface area contributed by atoms with Crippen LogP contribution in [0.25, 0.3) is 60.5 Å². The summed E-state index contributed by atoms with van der Waals surface area (Å²) in [6.45, 7) is 0. The van der Waals surface area contributed by atoms with Gasteiger partial charge in [-0.05, 0) is 99.6 Å². The second kappa shape index (κ2) is 13.0. The molecule has 0 amide bonds. The number of allylic oxidation sites excluding steroid dienone is 5. The molecular weight excluding hydrogens is 641 g/mol. The fourth-order valence-corrected chi connectivity index (χ4v) is 8.23. The van der Waals surface area contributed by atoms with E-state index in [4.69, 9.17) is 0 Å². The third-order valence-electron chi connectivity index (χ3n) is 10.8. The molecule has 0 fully saturated rings. The lowest BCUT2D eigenvalue weighted by molar-refractivity contribution is 0.840. The molecule has 0 N–H and O–H groups in total. The van der Waals surface area contributed by atoms with Crippen LogP contribution in [0, 0.1) is 0 Å². The van der Waals surface area contributed by atoms with Crippen LogP contribution in [0.4, 0.5) is 5.69 Å². The van der Waals surface area contributed by atoms with Crippen LogP contribution in [-0.4, -0.2) is 4.57 Å². The van der Waals surface area contributed by atoms with Crippen molar-refractivity contribution < 1.29 is 0 Å². The van der Waals surface area contributed by atoms with Crippen LogP contribution < -0.4 is 4.90 Å². The number of nitrogens with zero attached hydrogens (tertiary/aromatic N) is 2. The molecule has 0 aliphatic heterocycles. The van der Waals surface area contributed by atoms with Crippen LogP contribution in [0.2, 0.25) is 0 Å². The van der Waals surface area contributed by atoms with Gasteiger partial charge in [0, 0.05) is 39.8 Å². The van der Waals surface area contributed by atoms with Crippen LogP contribution in [0.1, 0.15) is 17.9 Å². The third kappa shape index (κ3) is 5.45. The molecule has 0 saturated heterocycles. The molecule has 0 radical (unpaired) electrons. The molecular formula is C51H36N2. The molecule has 0 spiro atoms. The summed E-state index contributed by atoms with van der Waals surface area (Å²) in [4.78, 5) is 2.33. The van der Waals surface area contributed by atoms with Crippen LogP contribution in [0.15, 0.2) is 217 Å². The maximum atomic E-state index is 3.26. The highest BCUT2D eigenvalue weighted by Gasteiger charge is 2.21. The fourth-order valence-electron chi connectivity index (χ4n) is 8.23. The number of benzene rings is 7. The first-order valence-corrected chi connectivity index (χ1v) is 18.4. The summed E-state index contributed by atoms with van der Waals surface area (Å²) in [5.74, 6) is 0.272. The average Bonchev–Trinajstić information content (AvgIpc) is 3.89. The molecule has 2 aliphatic rings. The summed E-state index contributed by atoms with van der Waals surface area (Å²) in [5, 5.41) is 5.15. The normalized spacial score (nSPS) is 15.0. The van der Waals surface area contributed by atoms with E-state index in [0.29, 0.717) is 0 Å². The Morgan fingerprint density at radius 3 is 2.08 bits per heavy atom. The Balaban J connectivity index is 0.956. The van der Waals surface area contributed by atoms with E-state index in [9.17, 15) is 0 Å². The molecule has 1 atom stereocenters. The van der Waals surface area contributed by atoms with Gasteiger partial charge in [-0.2, -0.15) is 0 Å². The Morgan fingerprint density at radius 2 is 1.28 bits per heavy atom. The van der Waals surface area contributed by atoms with Gasteiger partial charge >= 0.3 is 0 Å². The zero-order valence-electron chi connectivity index (χ0n) is 29.2. The average molecular weight is 677 g/mol. The van der Waals surface area contributed by atoms with Gasteiger partial charge in [-0.1, -0.05) is 140 Å². The zero-order chi connectivity index (χ0) is 35.1. The van der Waals surface area contributed by atoms with Gasteiger partial charge in [-0.25, -0.2) is 0 Å². The summed E-state index contributed by atoms with van der Waals surface area (Å²) in [6.07, 6.45) is 14.1. The standard InChI is InChI=1S/C51H36N2/c1-2-12-36(13-3-1)37-22-29-42(30-23-37)52(41-15-5-6-16-41)43-31-24-39(25-32-43)45-17-8-9-18-46(45)40-26-33-44(34-27-40)53-49-21-11-10-20-48(49)51-47-19-7-4-14-38(47)28-35-50(51)53/h1-5,7-24,26-35,39H,25H2. The second-order valence-corrected chi connectivity index (χ2v) is 13.8. The first-order chi connectivity index (χ1) is 26.3. The Hall–Kier alpha value is -6.86.